The first-order valence-electron chi connectivity index (χ1n) is 12.7. The van der Waals surface area contributed by atoms with Gasteiger partial charge in [-0.05, 0) is 36.0 Å². The van der Waals surface area contributed by atoms with Crippen molar-refractivity contribution in [3.05, 3.63) is 123 Å². The first-order valence-corrected chi connectivity index (χ1v) is 12.7. The van der Waals surface area contributed by atoms with Gasteiger partial charge in [-0.25, -0.2) is 0 Å². The van der Waals surface area contributed by atoms with Crippen LogP contribution in [0.3, 0.4) is 0 Å². The van der Waals surface area contributed by atoms with E-state index in [2.05, 4.69) is 0 Å². The van der Waals surface area contributed by atoms with E-state index in [0.29, 0.717) is 41.8 Å². The summed E-state index contributed by atoms with van der Waals surface area (Å²) in [7, 11) is 0. The predicted molar refractivity (Wildman–Crippen MR) is 144 cm³/mol. The highest BCUT2D eigenvalue weighted by molar-refractivity contribution is 6.09. The molecule has 0 saturated heterocycles. The number of hydrogen-bond acceptors (Lipinski definition) is 6. The number of Topliss-reactive ketones (excluding diaryl/α,β-unsaturated/α-hetero) is 1. The molecule has 0 aromatic heterocycles. The fourth-order valence-electron chi connectivity index (χ4n) is 5.52. The third kappa shape index (κ3) is 5.18. The summed E-state index contributed by atoms with van der Waals surface area (Å²) in [6, 6.07) is 25.8. The zero-order valence-corrected chi connectivity index (χ0v) is 21.1. The van der Waals surface area contributed by atoms with Gasteiger partial charge in [-0.15, -0.1) is 0 Å². The number of nitro groups is 1. The van der Waals surface area contributed by atoms with Crippen LogP contribution in [0.15, 0.2) is 101 Å². The van der Waals surface area contributed by atoms with Crippen molar-refractivity contribution in [1.29, 1.82) is 0 Å². The van der Waals surface area contributed by atoms with Crippen molar-refractivity contribution in [2.45, 2.75) is 38.0 Å². The Morgan fingerprint density at radius 3 is 2.37 bits per heavy atom. The lowest BCUT2D eigenvalue weighted by atomic mass is 9.69. The van der Waals surface area contributed by atoms with Crippen LogP contribution in [0.1, 0.15) is 48.3 Å². The van der Waals surface area contributed by atoms with Gasteiger partial charge in [0.15, 0.2) is 5.78 Å². The zero-order valence-electron chi connectivity index (χ0n) is 21.1. The number of carbonyl (C=O) groups excluding carboxylic acids is 2. The Balaban J connectivity index is 1.49. The van der Waals surface area contributed by atoms with Crippen molar-refractivity contribution in [1.82, 2.24) is 0 Å². The van der Waals surface area contributed by atoms with Gasteiger partial charge in [-0.2, -0.15) is 0 Å². The maximum atomic E-state index is 13.7. The summed E-state index contributed by atoms with van der Waals surface area (Å²) in [5.74, 6) is -2.13. The number of esters is 1. The molecule has 0 fully saturated rings. The average Bonchev–Trinajstić information content (AvgIpc) is 2.93. The maximum absolute atomic E-state index is 13.7. The molecule has 3 atom stereocenters. The molecule has 0 bridgehead atoms. The van der Waals surface area contributed by atoms with E-state index in [1.165, 1.54) is 12.1 Å². The summed E-state index contributed by atoms with van der Waals surface area (Å²) in [4.78, 5) is 43.0. The highest BCUT2D eigenvalue weighted by Gasteiger charge is 2.45. The van der Waals surface area contributed by atoms with Gasteiger partial charge in [0, 0.05) is 47.9 Å². The Bertz CT molecular complexity index is 1430. The van der Waals surface area contributed by atoms with Gasteiger partial charge in [0.1, 0.15) is 5.92 Å². The molecule has 0 spiro atoms. The van der Waals surface area contributed by atoms with Crippen molar-refractivity contribution in [2.75, 3.05) is 6.61 Å². The summed E-state index contributed by atoms with van der Waals surface area (Å²) >= 11 is 0. The summed E-state index contributed by atoms with van der Waals surface area (Å²) in [5, 5.41) is 11.5. The quantitative estimate of drug-likeness (QED) is 0.223. The normalized spacial score (nSPS) is 20.9. The number of hydrogen-bond donors (Lipinski definition) is 0. The topological polar surface area (TPSA) is 98.9 Å². The molecular formula is C31H28N2O5. The number of carbonyl (C=O) groups is 2. The van der Waals surface area contributed by atoms with E-state index in [4.69, 9.17) is 9.73 Å². The Kier molecular flexibility index (Phi) is 7.26. The Labute approximate surface area is 221 Å². The second-order valence-electron chi connectivity index (χ2n) is 9.76. The van der Waals surface area contributed by atoms with Crippen LogP contribution in [0.2, 0.25) is 0 Å². The molecule has 38 heavy (non-hydrogen) atoms. The van der Waals surface area contributed by atoms with E-state index in [-0.39, 0.29) is 24.0 Å². The monoisotopic (exact) mass is 508 g/mol. The molecule has 2 aliphatic rings. The van der Waals surface area contributed by atoms with Crippen molar-refractivity contribution < 1.29 is 19.2 Å². The highest BCUT2D eigenvalue weighted by Crippen LogP contribution is 2.47. The third-order valence-corrected chi connectivity index (χ3v) is 7.33. The molecule has 0 amide bonds. The minimum Gasteiger partial charge on any atom is -0.465 e. The maximum Gasteiger partial charge on any atom is 0.315 e. The summed E-state index contributed by atoms with van der Waals surface area (Å²) in [6.45, 7) is 1.96. The van der Waals surface area contributed by atoms with Crippen LogP contribution in [0, 0.1) is 16.0 Å². The number of aliphatic imine (C=N–C) groups is 1. The third-order valence-electron chi connectivity index (χ3n) is 7.33. The minimum atomic E-state index is -0.844. The highest BCUT2D eigenvalue weighted by atomic mass is 16.6. The molecular weight excluding hydrogens is 480 g/mol. The number of non-ortho nitro benzene ring substituents is 1. The average molecular weight is 509 g/mol. The Morgan fingerprint density at radius 2 is 1.66 bits per heavy atom. The Morgan fingerprint density at radius 1 is 0.974 bits per heavy atom. The SMILES string of the molecule is CC1=NC2=C(C(=O)C[C@H](c3ccccc3)C2)[C@@H](c2cccc([N+](=O)[O-])c2)C1C(=O)OCCc1ccccc1. The first-order chi connectivity index (χ1) is 18.4. The molecule has 0 N–H and O–H groups in total. The number of nitrogens with zero attached hydrogens (tertiary/aromatic N) is 2. The predicted octanol–water partition coefficient (Wildman–Crippen LogP) is 5.96. The van der Waals surface area contributed by atoms with Crippen LogP contribution in [0.25, 0.3) is 0 Å². The zero-order chi connectivity index (χ0) is 26.6. The van der Waals surface area contributed by atoms with Crippen LogP contribution >= 0.6 is 0 Å². The van der Waals surface area contributed by atoms with Crippen LogP contribution in [-0.4, -0.2) is 29.0 Å². The van der Waals surface area contributed by atoms with Crippen molar-refractivity contribution >= 4 is 23.2 Å². The number of rotatable bonds is 7. The molecule has 1 heterocycles. The van der Waals surface area contributed by atoms with Crippen LogP contribution in [0.4, 0.5) is 5.69 Å². The molecule has 7 heteroatoms. The number of allylic oxidation sites excluding steroid dienone is 2. The molecule has 1 aliphatic heterocycles. The molecule has 1 aliphatic carbocycles. The van der Waals surface area contributed by atoms with Gasteiger partial charge in [0.05, 0.1) is 11.5 Å². The van der Waals surface area contributed by atoms with Crippen molar-refractivity contribution in [3.8, 4) is 0 Å². The molecule has 192 valence electrons. The molecule has 3 aromatic rings. The lowest BCUT2D eigenvalue weighted by Gasteiger charge is -2.36. The lowest BCUT2D eigenvalue weighted by Crippen LogP contribution is -2.38. The van der Waals surface area contributed by atoms with Crippen molar-refractivity contribution in [2.24, 2.45) is 10.9 Å². The van der Waals surface area contributed by atoms with E-state index in [9.17, 15) is 19.7 Å². The number of benzene rings is 3. The smallest absolute Gasteiger partial charge is 0.315 e. The van der Waals surface area contributed by atoms with Gasteiger partial charge >= 0.3 is 5.97 Å². The van der Waals surface area contributed by atoms with E-state index >= 15 is 0 Å². The van der Waals surface area contributed by atoms with Gasteiger partial charge in [0.2, 0.25) is 0 Å². The minimum absolute atomic E-state index is 0.0147. The lowest BCUT2D eigenvalue weighted by molar-refractivity contribution is -0.384. The molecule has 3 aromatic carbocycles. The van der Waals surface area contributed by atoms with Gasteiger partial charge in [-0.1, -0.05) is 72.8 Å². The molecule has 5 rings (SSSR count). The van der Waals surface area contributed by atoms with Gasteiger partial charge in [0.25, 0.3) is 5.69 Å². The van der Waals surface area contributed by atoms with E-state index < -0.39 is 22.7 Å². The standard InChI is InChI=1S/C31H28N2O5/c1-20-28(31(35)38-16-15-21-9-4-2-5-10-21)29(23-13-8-14-25(17-23)33(36)37)30-26(32-20)18-24(19-27(30)34)22-11-6-3-7-12-22/h2-14,17,24,28-29H,15-16,18-19H2,1H3/t24-,28?,29+/m1/s1. The first kappa shape index (κ1) is 25.3. The second-order valence-corrected chi connectivity index (χ2v) is 9.76. The molecule has 0 saturated carbocycles. The van der Waals surface area contributed by atoms with Gasteiger partial charge in [-0.3, -0.25) is 24.7 Å². The number of ether oxygens (including phenoxy) is 1. The number of ketones is 1. The van der Waals surface area contributed by atoms with Crippen molar-refractivity contribution in [3.63, 3.8) is 0 Å². The van der Waals surface area contributed by atoms with Gasteiger partial charge < -0.3 is 4.74 Å². The fourth-order valence-corrected chi connectivity index (χ4v) is 5.52. The molecule has 7 nitrogen and oxygen atoms in total. The largest absolute Gasteiger partial charge is 0.465 e. The Hall–Kier alpha value is -4.39. The van der Waals surface area contributed by atoms with E-state index in [1.807, 2.05) is 60.7 Å². The summed E-state index contributed by atoms with van der Waals surface area (Å²) < 4.78 is 5.70. The second kappa shape index (κ2) is 10.9. The summed E-state index contributed by atoms with van der Waals surface area (Å²) in [6.07, 6.45) is 1.41. The molecule has 0 radical (unpaired) electrons. The molecule has 1 unspecified atom stereocenters. The van der Waals surface area contributed by atoms with E-state index in [0.717, 1.165) is 11.1 Å². The van der Waals surface area contributed by atoms with Crippen LogP contribution < -0.4 is 0 Å². The number of nitro benzene ring substituents is 1. The van der Waals surface area contributed by atoms with E-state index in [1.54, 1.807) is 19.1 Å². The fraction of sp³-hybridized carbons (Fsp3) is 0.258. The van der Waals surface area contributed by atoms with Crippen LogP contribution in [0.5, 0.6) is 0 Å². The van der Waals surface area contributed by atoms with Crippen LogP contribution in [-0.2, 0) is 20.7 Å². The summed E-state index contributed by atoms with van der Waals surface area (Å²) in [5.41, 5.74) is 4.22.